The zero-order valence-corrected chi connectivity index (χ0v) is 12.6. The molecule has 1 aromatic carbocycles. The van der Waals surface area contributed by atoms with E-state index < -0.39 is 5.97 Å². The molecule has 21 heavy (non-hydrogen) atoms. The molecule has 2 aliphatic rings. The van der Waals surface area contributed by atoms with Crippen LogP contribution >= 0.6 is 0 Å². The summed E-state index contributed by atoms with van der Waals surface area (Å²) in [5.74, 6) is 0.000636. The van der Waals surface area contributed by atoms with Crippen LogP contribution in [0.15, 0.2) is 30.3 Å². The summed E-state index contributed by atoms with van der Waals surface area (Å²) in [6.07, 6.45) is 7.93. The average molecular weight is 287 g/mol. The molecule has 1 heterocycles. The molecule has 3 atom stereocenters. The number of rotatable bonds is 5. The van der Waals surface area contributed by atoms with Gasteiger partial charge in [0, 0.05) is 6.04 Å². The van der Waals surface area contributed by atoms with Crippen molar-refractivity contribution in [1.29, 1.82) is 0 Å². The summed E-state index contributed by atoms with van der Waals surface area (Å²) in [6, 6.07) is 10.8. The van der Waals surface area contributed by atoms with E-state index in [0.29, 0.717) is 12.0 Å². The Bertz CT molecular complexity index is 473. The van der Waals surface area contributed by atoms with Gasteiger partial charge in [-0.25, -0.2) is 0 Å². The van der Waals surface area contributed by atoms with Crippen LogP contribution in [0.5, 0.6) is 0 Å². The van der Waals surface area contributed by atoms with Gasteiger partial charge in [0.1, 0.15) is 6.04 Å². The molecule has 1 aromatic rings. The van der Waals surface area contributed by atoms with Crippen LogP contribution in [0.25, 0.3) is 0 Å². The van der Waals surface area contributed by atoms with Crippen molar-refractivity contribution in [1.82, 2.24) is 4.90 Å². The van der Waals surface area contributed by atoms with Gasteiger partial charge in [-0.05, 0) is 50.1 Å². The summed E-state index contributed by atoms with van der Waals surface area (Å²) in [7, 11) is 0. The third-order valence-electron chi connectivity index (χ3n) is 5.23. The Hall–Kier alpha value is -1.35. The Morgan fingerprint density at radius 2 is 1.95 bits per heavy atom. The Morgan fingerprint density at radius 3 is 2.71 bits per heavy atom. The third-order valence-corrected chi connectivity index (χ3v) is 5.23. The van der Waals surface area contributed by atoms with Gasteiger partial charge < -0.3 is 5.11 Å². The molecule has 0 radical (unpaired) electrons. The highest BCUT2D eigenvalue weighted by atomic mass is 16.4. The van der Waals surface area contributed by atoms with Gasteiger partial charge in [-0.3, -0.25) is 9.69 Å². The van der Waals surface area contributed by atoms with Gasteiger partial charge >= 0.3 is 5.97 Å². The fourth-order valence-corrected chi connectivity index (χ4v) is 4.23. The molecule has 114 valence electrons. The second kappa shape index (κ2) is 6.61. The molecular formula is C18H25NO2. The summed E-state index contributed by atoms with van der Waals surface area (Å²) < 4.78 is 0. The maximum atomic E-state index is 11.5. The molecule has 1 saturated carbocycles. The molecule has 1 aliphatic heterocycles. The number of carboxylic acid groups (broad SMARTS) is 1. The van der Waals surface area contributed by atoms with Gasteiger partial charge in [0.2, 0.25) is 0 Å². The van der Waals surface area contributed by atoms with Crippen molar-refractivity contribution in [2.45, 2.75) is 57.0 Å². The number of carboxylic acids is 1. The first-order valence-electron chi connectivity index (χ1n) is 8.28. The zero-order valence-electron chi connectivity index (χ0n) is 12.6. The Kier molecular flexibility index (Phi) is 4.59. The highest BCUT2D eigenvalue weighted by Crippen LogP contribution is 2.39. The van der Waals surface area contributed by atoms with Gasteiger partial charge in [-0.2, -0.15) is 0 Å². The molecule has 1 saturated heterocycles. The van der Waals surface area contributed by atoms with Gasteiger partial charge in [0.15, 0.2) is 0 Å². The van der Waals surface area contributed by atoms with E-state index in [1.807, 2.05) is 6.07 Å². The van der Waals surface area contributed by atoms with E-state index in [4.69, 9.17) is 0 Å². The molecule has 1 N–H and O–H groups in total. The Morgan fingerprint density at radius 1 is 1.19 bits per heavy atom. The lowest BCUT2D eigenvalue weighted by atomic mass is 9.84. The fraction of sp³-hybridized carbons (Fsp3) is 0.611. The minimum atomic E-state index is -0.621. The van der Waals surface area contributed by atoms with Gasteiger partial charge in [0.05, 0.1) is 0 Å². The highest BCUT2D eigenvalue weighted by molar-refractivity contribution is 5.74. The molecule has 3 nitrogen and oxygen atoms in total. The normalized spacial score (nSPS) is 29.2. The van der Waals surface area contributed by atoms with Crippen molar-refractivity contribution < 1.29 is 9.90 Å². The lowest BCUT2D eigenvalue weighted by molar-refractivity contribution is -0.142. The van der Waals surface area contributed by atoms with Crippen LogP contribution in [-0.2, 0) is 11.2 Å². The van der Waals surface area contributed by atoms with Gasteiger partial charge in [0.25, 0.3) is 0 Å². The first-order chi connectivity index (χ1) is 10.3. The number of fused-ring (bicyclic) bond motifs is 1. The van der Waals surface area contributed by atoms with Crippen LogP contribution in [0.2, 0.25) is 0 Å². The zero-order chi connectivity index (χ0) is 14.7. The quantitative estimate of drug-likeness (QED) is 0.903. The summed E-state index contributed by atoms with van der Waals surface area (Å²) in [5, 5.41) is 9.51. The molecule has 0 spiro atoms. The Balaban J connectivity index is 1.60. The number of likely N-dealkylation sites (tertiary alicyclic amines) is 1. The first kappa shape index (κ1) is 14.6. The molecule has 0 aromatic heterocycles. The molecule has 3 heteroatoms. The monoisotopic (exact) mass is 287 g/mol. The summed E-state index contributed by atoms with van der Waals surface area (Å²) in [6.45, 7) is 0.924. The number of hydrogen-bond acceptors (Lipinski definition) is 2. The number of aliphatic carboxylic acids is 1. The standard InChI is InChI=1S/C18H25NO2/c20-18(21)17-13-15-10-4-5-11-16(15)19(17)12-6-9-14-7-2-1-3-8-14/h1-3,7-8,15-17H,4-6,9-13H2,(H,20,21)/t15-,16-,17-/m0/s1. The van der Waals surface area contributed by atoms with Crippen LogP contribution in [0.1, 0.15) is 44.1 Å². The predicted octanol–water partition coefficient (Wildman–Crippen LogP) is 3.34. The predicted molar refractivity (Wildman–Crippen MR) is 83.3 cm³/mol. The SMILES string of the molecule is O=C(O)[C@@H]1C[C@@H]2CCCC[C@@H]2N1CCCc1ccccc1. The first-order valence-corrected chi connectivity index (χ1v) is 8.28. The number of aryl methyl sites for hydroxylation is 1. The molecule has 0 amide bonds. The summed E-state index contributed by atoms with van der Waals surface area (Å²) in [5.41, 5.74) is 1.35. The number of nitrogens with zero attached hydrogens (tertiary/aromatic N) is 1. The fourth-order valence-electron chi connectivity index (χ4n) is 4.23. The molecular weight excluding hydrogens is 262 g/mol. The highest BCUT2D eigenvalue weighted by Gasteiger charge is 2.44. The summed E-state index contributed by atoms with van der Waals surface area (Å²) >= 11 is 0. The molecule has 0 unspecified atom stereocenters. The Labute approximate surface area is 127 Å². The lowest BCUT2D eigenvalue weighted by Crippen LogP contribution is -2.42. The van der Waals surface area contributed by atoms with Crippen molar-refractivity contribution in [2.75, 3.05) is 6.54 Å². The smallest absolute Gasteiger partial charge is 0.320 e. The van der Waals surface area contributed by atoms with Crippen molar-refractivity contribution in [3.63, 3.8) is 0 Å². The van der Waals surface area contributed by atoms with E-state index in [0.717, 1.165) is 25.8 Å². The minimum Gasteiger partial charge on any atom is -0.480 e. The summed E-state index contributed by atoms with van der Waals surface area (Å²) in [4.78, 5) is 13.8. The van der Waals surface area contributed by atoms with Gasteiger partial charge in [-0.1, -0.05) is 43.2 Å². The number of hydrogen-bond donors (Lipinski definition) is 1. The topological polar surface area (TPSA) is 40.5 Å². The van der Waals surface area contributed by atoms with Crippen LogP contribution in [0.3, 0.4) is 0 Å². The maximum Gasteiger partial charge on any atom is 0.320 e. The second-order valence-electron chi connectivity index (χ2n) is 6.53. The third kappa shape index (κ3) is 3.29. The van der Waals surface area contributed by atoms with Crippen molar-refractivity contribution in [2.24, 2.45) is 5.92 Å². The largest absolute Gasteiger partial charge is 0.480 e. The van der Waals surface area contributed by atoms with E-state index in [2.05, 4.69) is 29.2 Å². The van der Waals surface area contributed by atoms with E-state index in [9.17, 15) is 9.90 Å². The van der Waals surface area contributed by atoms with E-state index in [1.54, 1.807) is 0 Å². The van der Waals surface area contributed by atoms with Crippen LogP contribution in [-0.4, -0.2) is 34.6 Å². The molecule has 2 fully saturated rings. The minimum absolute atomic E-state index is 0.242. The number of carbonyl (C=O) groups is 1. The van der Waals surface area contributed by atoms with Crippen molar-refractivity contribution in [3.8, 4) is 0 Å². The van der Waals surface area contributed by atoms with Gasteiger partial charge in [-0.15, -0.1) is 0 Å². The van der Waals surface area contributed by atoms with Crippen molar-refractivity contribution >= 4 is 5.97 Å². The van der Waals surface area contributed by atoms with Crippen LogP contribution in [0.4, 0.5) is 0 Å². The van der Waals surface area contributed by atoms with Crippen molar-refractivity contribution in [3.05, 3.63) is 35.9 Å². The second-order valence-corrected chi connectivity index (χ2v) is 6.53. The maximum absolute atomic E-state index is 11.5. The molecule has 1 aliphatic carbocycles. The van der Waals surface area contributed by atoms with E-state index >= 15 is 0 Å². The lowest BCUT2D eigenvalue weighted by Gasteiger charge is -2.33. The van der Waals surface area contributed by atoms with Crippen LogP contribution in [0, 0.1) is 5.92 Å². The van der Waals surface area contributed by atoms with E-state index in [-0.39, 0.29) is 6.04 Å². The van der Waals surface area contributed by atoms with E-state index in [1.165, 1.54) is 31.2 Å². The van der Waals surface area contributed by atoms with Crippen LogP contribution < -0.4 is 0 Å². The number of benzene rings is 1. The molecule has 3 rings (SSSR count). The average Bonchev–Trinajstić information content (AvgIpc) is 2.88. The molecule has 0 bridgehead atoms.